The van der Waals surface area contributed by atoms with Crippen LogP contribution in [0.15, 0.2) is 48.5 Å². The normalized spacial score (nSPS) is 10.5. The molecule has 182 valence electrons. The molecule has 0 spiro atoms. The number of nitrogens with one attached hydrogen (secondary N) is 2. The zero-order chi connectivity index (χ0) is 24.8. The van der Waals surface area contributed by atoms with Crippen molar-refractivity contribution in [2.24, 2.45) is 0 Å². The van der Waals surface area contributed by atoms with Crippen LogP contribution in [0.1, 0.15) is 83.2 Å². The zero-order valence-electron chi connectivity index (χ0n) is 19.2. The quantitative estimate of drug-likeness (QED) is 0.290. The molecule has 0 aliphatic carbocycles. The summed E-state index contributed by atoms with van der Waals surface area (Å²) < 4.78 is 0. The van der Waals surface area contributed by atoms with Gasteiger partial charge in [-0.2, -0.15) is 0 Å². The third-order valence-electron chi connectivity index (χ3n) is 5.44. The smallest absolute Gasteiger partial charge is 0.335 e. The molecule has 0 aliphatic heterocycles. The van der Waals surface area contributed by atoms with Crippen LogP contribution >= 0.6 is 0 Å². The standard InChI is InChI=1S/C26H32N2O6/c29-23(27-17-19-9-13-21(14-10-19)25(31)32)7-5-3-1-2-4-6-8-24(30)28-18-20-11-15-22(16-12-20)26(33)34/h9-16H,1-8,17-18H2,(H,27,29)(H,28,30)(H,31,32)(H,33,34). The van der Waals surface area contributed by atoms with Gasteiger partial charge in [-0.05, 0) is 48.2 Å². The van der Waals surface area contributed by atoms with Crippen LogP contribution in [-0.4, -0.2) is 34.0 Å². The Balaban J connectivity index is 1.45. The number of carboxylic acids is 2. The molecule has 0 saturated heterocycles. The summed E-state index contributed by atoms with van der Waals surface area (Å²) >= 11 is 0. The summed E-state index contributed by atoms with van der Waals surface area (Å²) in [4.78, 5) is 45.5. The summed E-state index contributed by atoms with van der Waals surface area (Å²) in [5.74, 6) is -1.98. The Morgan fingerprint density at radius 2 is 0.853 bits per heavy atom. The number of hydrogen-bond acceptors (Lipinski definition) is 4. The molecular weight excluding hydrogens is 436 g/mol. The molecule has 34 heavy (non-hydrogen) atoms. The van der Waals surface area contributed by atoms with Gasteiger partial charge in [-0.25, -0.2) is 9.59 Å². The van der Waals surface area contributed by atoms with Crippen molar-refractivity contribution in [3.05, 3.63) is 70.8 Å². The van der Waals surface area contributed by atoms with Gasteiger partial charge in [0.05, 0.1) is 11.1 Å². The molecule has 0 aromatic heterocycles. The van der Waals surface area contributed by atoms with E-state index in [2.05, 4.69) is 10.6 Å². The molecule has 0 unspecified atom stereocenters. The van der Waals surface area contributed by atoms with Crippen LogP contribution in [0.5, 0.6) is 0 Å². The average molecular weight is 469 g/mol. The SMILES string of the molecule is O=C(CCCCCCCCC(=O)NCc1ccc(C(=O)O)cc1)NCc1ccc(C(=O)O)cc1. The molecule has 0 heterocycles. The molecule has 0 radical (unpaired) electrons. The van der Waals surface area contributed by atoms with Gasteiger partial charge >= 0.3 is 11.9 Å². The molecule has 2 rings (SSSR count). The van der Waals surface area contributed by atoms with Gasteiger partial charge in [0, 0.05) is 25.9 Å². The van der Waals surface area contributed by atoms with Crippen LogP contribution < -0.4 is 10.6 Å². The van der Waals surface area contributed by atoms with E-state index in [0.717, 1.165) is 49.7 Å². The lowest BCUT2D eigenvalue weighted by Crippen LogP contribution is -2.22. The monoisotopic (exact) mass is 468 g/mol. The van der Waals surface area contributed by atoms with Gasteiger partial charge in [-0.1, -0.05) is 49.9 Å². The van der Waals surface area contributed by atoms with Crippen LogP contribution in [0.2, 0.25) is 0 Å². The predicted octanol–water partition coefficient (Wildman–Crippen LogP) is 4.14. The second-order valence-corrected chi connectivity index (χ2v) is 8.18. The Labute approximate surface area is 199 Å². The van der Waals surface area contributed by atoms with Crippen molar-refractivity contribution in [3.8, 4) is 0 Å². The molecule has 8 heteroatoms. The molecule has 0 bridgehead atoms. The molecule has 2 aromatic carbocycles. The first kappa shape index (κ1) is 26.6. The lowest BCUT2D eigenvalue weighted by Gasteiger charge is -2.07. The van der Waals surface area contributed by atoms with Gasteiger partial charge in [-0.3, -0.25) is 9.59 Å². The van der Waals surface area contributed by atoms with Gasteiger partial charge in [0.2, 0.25) is 11.8 Å². The summed E-state index contributed by atoms with van der Waals surface area (Å²) in [6.45, 7) is 0.767. The minimum Gasteiger partial charge on any atom is -0.478 e. The zero-order valence-corrected chi connectivity index (χ0v) is 19.2. The number of rotatable bonds is 15. The summed E-state index contributed by atoms with van der Waals surface area (Å²) in [6.07, 6.45) is 6.49. The van der Waals surface area contributed by atoms with E-state index >= 15 is 0 Å². The molecule has 0 aliphatic rings. The summed E-state index contributed by atoms with van der Waals surface area (Å²) in [5, 5.41) is 23.5. The van der Waals surface area contributed by atoms with E-state index in [1.165, 1.54) is 24.3 Å². The Bertz CT molecular complexity index is 875. The lowest BCUT2D eigenvalue weighted by molar-refractivity contribution is -0.122. The average Bonchev–Trinajstić information content (AvgIpc) is 2.83. The predicted molar refractivity (Wildman–Crippen MR) is 127 cm³/mol. The summed E-state index contributed by atoms with van der Waals surface area (Å²) in [6, 6.07) is 12.9. The fraction of sp³-hybridized carbons (Fsp3) is 0.385. The fourth-order valence-electron chi connectivity index (χ4n) is 3.39. The van der Waals surface area contributed by atoms with Gasteiger partial charge in [-0.15, -0.1) is 0 Å². The Kier molecular flexibility index (Phi) is 11.3. The van der Waals surface area contributed by atoms with E-state index in [9.17, 15) is 19.2 Å². The summed E-state index contributed by atoms with van der Waals surface area (Å²) in [5.41, 5.74) is 2.16. The first-order chi connectivity index (χ1) is 16.3. The highest BCUT2D eigenvalue weighted by molar-refractivity contribution is 5.88. The maximum atomic E-state index is 11.9. The highest BCUT2D eigenvalue weighted by atomic mass is 16.4. The highest BCUT2D eigenvalue weighted by Gasteiger charge is 2.06. The van der Waals surface area contributed by atoms with Crippen LogP contribution in [-0.2, 0) is 22.7 Å². The van der Waals surface area contributed by atoms with Gasteiger partial charge in [0.15, 0.2) is 0 Å². The minimum absolute atomic E-state index is 0.0171. The second kappa shape index (κ2) is 14.5. The molecule has 8 nitrogen and oxygen atoms in total. The van der Waals surface area contributed by atoms with E-state index in [1.807, 2.05) is 0 Å². The van der Waals surface area contributed by atoms with E-state index < -0.39 is 11.9 Å². The number of hydrogen-bond donors (Lipinski definition) is 4. The molecule has 2 amide bonds. The van der Waals surface area contributed by atoms with Crippen LogP contribution in [0.3, 0.4) is 0 Å². The number of benzene rings is 2. The maximum Gasteiger partial charge on any atom is 0.335 e. The van der Waals surface area contributed by atoms with E-state index in [1.54, 1.807) is 24.3 Å². The van der Waals surface area contributed by atoms with Crippen molar-refractivity contribution < 1.29 is 29.4 Å². The number of unbranched alkanes of at least 4 members (excludes halogenated alkanes) is 5. The molecule has 0 atom stereocenters. The maximum absolute atomic E-state index is 11.9. The highest BCUT2D eigenvalue weighted by Crippen LogP contribution is 2.10. The lowest BCUT2D eigenvalue weighted by atomic mass is 10.1. The third kappa shape index (κ3) is 10.3. The van der Waals surface area contributed by atoms with Crippen molar-refractivity contribution in [2.75, 3.05) is 0 Å². The first-order valence-corrected chi connectivity index (χ1v) is 11.5. The molecule has 4 N–H and O–H groups in total. The van der Waals surface area contributed by atoms with Crippen molar-refractivity contribution in [3.63, 3.8) is 0 Å². The van der Waals surface area contributed by atoms with Gasteiger partial charge in [0.25, 0.3) is 0 Å². The third-order valence-corrected chi connectivity index (χ3v) is 5.44. The van der Waals surface area contributed by atoms with E-state index in [4.69, 9.17) is 10.2 Å². The minimum atomic E-state index is -0.971. The van der Waals surface area contributed by atoms with Crippen LogP contribution in [0.25, 0.3) is 0 Å². The van der Waals surface area contributed by atoms with Gasteiger partial charge < -0.3 is 20.8 Å². The fourth-order valence-corrected chi connectivity index (χ4v) is 3.39. The number of carbonyl (C=O) groups is 4. The molecule has 0 fully saturated rings. The van der Waals surface area contributed by atoms with Crippen LogP contribution in [0.4, 0.5) is 0 Å². The first-order valence-electron chi connectivity index (χ1n) is 11.5. The van der Waals surface area contributed by atoms with Crippen molar-refractivity contribution >= 4 is 23.8 Å². The van der Waals surface area contributed by atoms with Crippen molar-refractivity contribution in [1.82, 2.24) is 10.6 Å². The van der Waals surface area contributed by atoms with Crippen LogP contribution in [0, 0.1) is 0 Å². The molecule has 2 aromatic rings. The number of aromatic carboxylic acids is 2. The topological polar surface area (TPSA) is 133 Å². The number of amides is 2. The van der Waals surface area contributed by atoms with E-state index in [0.29, 0.717) is 25.9 Å². The Morgan fingerprint density at radius 1 is 0.529 bits per heavy atom. The number of carbonyl (C=O) groups excluding carboxylic acids is 2. The van der Waals surface area contributed by atoms with Crippen molar-refractivity contribution in [1.29, 1.82) is 0 Å². The Hall–Kier alpha value is -3.68. The molecule has 0 saturated carbocycles. The number of carboxylic acid groups (broad SMARTS) is 2. The largest absolute Gasteiger partial charge is 0.478 e. The van der Waals surface area contributed by atoms with Gasteiger partial charge in [0.1, 0.15) is 0 Å². The molecular formula is C26H32N2O6. The van der Waals surface area contributed by atoms with E-state index in [-0.39, 0.29) is 22.9 Å². The second-order valence-electron chi connectivity index (χ2n) is 8.18. The summed E-state index contributed by atoms with van der Waals surface area (Å²) in [7, 11) is 0. The van der Waals surface area contributed by atoms with Crippen molar-refractivity contribution in [2.45, 2.75) is 64.5 Å². The Morgan fingerprint density at radius 3 is 1.18 bits per heavy atom.